The standard InChI is InChI=1S/C8H16O2/c1-2-3-4-5-6-8(10)7-9/h3-4,8-10H,2,5-7H2,1H3/t8-/m1/s1. The second-order valence-corrected chi connectivity index (χ2v) is 2.29. The van der Waals surface area contributed by atoms with Crippen molar-refractivity contribution in [3.8, 4) is 0 Å². The lowest BCUT2D eigenvalue weighted by atomic mass is 10.2. The first-order valence-corrected chi connectivity index (χ1v) is 3.75. The molecule has 1 atom stereocenters. The van der Waals surface area contributed by atoms with Crippen molar-refractivity contribution < 1.29 is 10.2 Å². The van der Waals surface area contributed by atoms with Gasteiger partial charge in [-0.1, -0.05) is 19.1 Å². The molecule has 0 spiro atoms. The smallest absolute Gasteiger partial charge is 0.0773 e. The molecule has 10 heavy (non-hydrogen) atoms. The number of aliphatic hydroxyl groups excluding tert-OH is 2. The van der Waals surface area contributed by atoms with Gasteiger partial charge >= 0.3 is 0 Å². The third-order valence-corrected chi connectivity index (χ3v) is 1.28. The molecule has 0 rings (SSSR count). The number of hydrogen-bond donors (Lipinski definition) is 2. The van der Waals surface area contributed by atoms with E-state index in [-0.39, 0.29) is 6.61 Å². The number of allylic oxidation sites excluding steroid dienone is 2. The van der Waals surface area contributed by atoms with Crippen molar-refractivity contribution in [2.24, 2.45) is 0 Å². The Hall–Kier alpha value is -0.340. The SMILES string of the molecule is CCC=CCC[C@@H](O)CO. The second-order valence-electron chi connectivity index (χ2n) is 2.29. The van der Waals surface area contributed by atoms with E-state index in [0.717, 1.165) is 12.8 Å². The highest BCUT2D eigenvalue weighted by Crippen LogP contribution is 1.97. The van der Waals surface area contributed by atoms with Gasteiger partial charge in [0.1, 0.15) is 0 Å². The summed E-state index contributed by atoms with van der Waals surface area (Å²) in [5.41, 5.74) is 0. The Morgan fingerprint density at radius 1 is 1.40 bits per heavy atom. The predicted octanol–water partition coefficient (Wildman–Crippen LogP) is 1.09. The van der Waals surface area contributed by atoms with E-state index in [2.05, 4.69) is 13.0 Å². The normalized spacial score (nSPS) is 14.3. The van der Waals surface area contributed by atoms with Crippen molar-refractivity contribution in [2.75, 3.05) is 6.61 Å². The molecule has 0 aliphatic heterocycles. The summed E-state index contributed by atoms with van der Waals surface area (Å²) in [7, 11) is 0. The van der Waals surface area contributed by atoms with Crippen LogP contribution in [-0.2, 0) is 0 Å². The zero-order chi connectivity index (χ0) is 7.82. The third kappa shape index (κ3) is 5.79. The Labute approximate surface area is 62.2 Å². The minimum absolute atomic E-state index is 0.125. The highest BCUT2D eigenvalue weighted by atomic mass is 16.3. The summed E-state index contributed by atoms with van der Waals surface area (Å²) in [5, 5.41) is 17.3. The topological polar surface area (TPSA) is 40.5 Å². The fourth-order valence-corrected chi connectivity index (χ4v) is 0.664. The van der Waals surface area contributed by atoms with Gasteiger partial charge in [0, 0.05) is 0 Å². The third-order valence-electron chi connectivity index (χ3n) is 1.28. The van der Waals surface area contributed by atoms with Gasteiger partial charge in [0.2, 0.25) is 0 Å². The molecule has 0 radical (unpaired) electrons. The lowest BCUT2D eigenvalue weighted by molar-refractivity contribution is 0.0891. The summed E-state index contributed by atoms with van der Waals surface area (Å²) in [4.78, 5) is 0. The molecule has 0 aliphatic rings. The van der Waals surface area contributed by atoms with Crippen LogP contribution in [0, 0.1) is 0 Å². The molecule has 0 aromatic rings. The van der Waals surface area contributed by atoms with E-state index in [1.54, 1.807) is 0 Å². The molecular weight excluding hydrogens is 128 g/mol. The monoisotopic (exact) mass is 144 g/mol. The summed E-state index contributed by atoms with van der Waals surface area (Å²) >= 11 is 0. The first kappa shape index (κ1) is 9.66. The van der Waals surface area contributed by atoms with Crippen LogP contribution in [0.3, 0.4) is 0 Å². The maximum Gasteiger partial charge on any atom is 0.0773 e. The Bertz CT molecular complexity index is 89.3. The molecule has 0 saturated carbocycles. The van der Waals surface area contributed by atoms with Gasteiger partial charge in [-0.15, -0.1) is 0 Å². The van der Waals surface area contributed by atoms with Crippen LogP contribution < -0.4 is 0 Å². The fraction of sp³-hybridized carbons (Fsp3) is 0.750. The van der Waals surface area contributed by atoms with Crippen LogP contribution >= 0.6 is 0 Å². The number of hydrogen-bond acceptors (Lipinski definition) is 2. The number of aliphatic hydroxyl groups is 2. The van der Waals surface area contributed by atoms with Crippen molar-refractivity contribution in [3.63, 3.8) is 0 Å². The molecule has 0 bridgehead atoms. The summed E-state index contributed by atoms with van der Waals surface area (Å²) in [6.07, 6.45) is 6.10. The molecule has 0 unspecified atom stereocenters. The highest BCUT2D eigenvalue weighted by molar-refractivity contribution is 4.80. The largest absolute Gasteiger partial charge is 0.394 e. The number of rotatable bonds is 5. The van der Waals surface area contributed by atoms with E-state index in [1.807, 2.05) is 6.08 Å². The predicted molar refractivity (Wildman–Crippen MR) is 41.8 cm³/mol. The molecule has 0 fully saturated rings. The van der Waals surface area contributed by atoms with Crippen LogP contribution in [0.15, 0.2) is 12.2 Å². The van der Waals surface area contributed by atoms with Gasteiger partial charge in [0.25, 0.3) is 0 Å². The zero-order valence-electron chi connectivity index (χ0n) is 6.45. The first-order valence-electron chi connectivity index (χ1n) is 3.75. The van der Waals surface area contributed by atoms with E-state index < -0.39 is 6.10 Å². The quantitative estimate of drug-likeness (QED) is 0.567. The van der Waals surface area contributed by atoms with Crippen LogP contribution in [-0.4, -0.2) is 22.9 Å². The molecule has 2 N–H and O–H groups in total. The minimum Gasteiger partial charge on any atom is -0.394 e. The van der Waals surface area contributed by atoms with Crippen LogP contribution in [0.1, 0.15) is 26.2 Å². The summed E-state index contributed by atoms with van der Waals surface area (Å²) in [6, 6.07) is 0. The molecule has 0 amide bonds. The Morgan fingerprint density at radius 2 is 2.10 bits per heavy atom. The van der Waals surface area contributed by atoms with Gasteiger partial charge in [0.15, 0.2) is 0 Å². The molecule has 2 nitrogen and oxygen atoms in total. The minimum atomic E-state index is -0.540. The van der Waals surface area contributed by atoms with Crippen LogP contribution in [0.25, 0.3) is 0 Å². The Kier molecular flexibility index (Phi) is 6.55. The summed E-state index contributed by atoms with van der Waals surface area (Å²) in [5.74, 6) is 0. The summed E-state index contributed by atoms with van der Waals surface area (Å²) in [6.45, 7) is 1.94. The lowest BCUT2D eigenvalue weighted by Crippen LogP contribution is -2.10. The van der Waals surface area contributed by atoms with E-state index in [4.69, 9.17) is 10.2 Å². The Balaban J connectivity index is 3.10. The average molecular weight is 144 g/mol. The maximum absolute atomic E-state index is 8.87. The van der Waals surface area contributed by atoms with Gasteiger partial charge in [-0.2, -0.15) is 0 Å². The molecule has 2 heteroatoms. The molecular formula is C8H16O2. The van der Waals surface area contributed by atoms with E-state index in [0.29, 0.717) is 6.42 Å². The first-order chi connectivity index (χ1) is 4.81. The van der Waals surface area contributed by atoms with Gasteiger partial charge in [-0.25, -0.2) is 0 Å². The lowest BCUT2D eigenvalue weighted by Gasteiger charge is -2.02. The van der Waals surface area contributed by atoms with E-state index in [1.165, 1.54) is 0 Å². The van der Waals surface area contributed by atoms with Gasteiger partial charge in [0.05, 0.1) is 12.7 Å². The van der Waals surface area contributed by atoms with Gasteiger partial charge in [-0.3, -0.25) is 0 Å². The molecule has 0 aromatic heterocycles. The molecule has 60 valence electrons. The molecule has 0 heterocycles. The molecule has 0 aromatic carbocycles. The zero-order valence-corrected chi connectivity index (χ0v) is 6.45. The van der Waals surface area contributed by atoms with Crippen LogP contribution in [0.4, 0.5) is 0 Å². The van der Waals surface area contributed by atoms with Crippen LogP contribution in [0.5, 0.6) is 0 Å². The van der Waals surface area contributed by atoms with E-state index >= 15 is 0 Å². The van der Waals surface area contributed by atoms with Crippen molar-refractivity contribution in [3.05, 3.63) is 12.2 Å². The second kappa shape index (κ2) is 6.78. The van der Waals surface area contributed by atoms with Crippen molar-refractivity contribution in [1.82, 2.24) is 0 Å². The van der Waals surface area contributed by atoms with Crippen molar-refractivity contribution >= 4 is 0 Å². The molecule has 0 aliphatic carbocycles. The van der Waals surface area contributed by atoms with Gasteiger partial charge < -0.3 is 10.2 Å². The van der Waals surface area contributed by atoms with Crippen LogP contribution in [0.2, 0.25) is 0 Å². The van der Waals surface area contributed by atoms with E-state index in [9.17, 15) is 0 Å². The van der Waals surface area contributed by atoms with Crippen molar-refractivity contribution in [1.29, 1.82) is 0 Å². The molecule has 0 saturated heterocycles. The highest BCUT2D eigenvalue weighted by Gasteiger charge is 1.97. The van der Waals surface area contributed by atoms with Gasteiger partial charge in [-0.05, 0) is 19.3 Å². The average Bonchev–Trinajstić information content (AvgIpc) is 1.98. The Morgan fingerprint density at radius 3 is 2.60 bits per heavy atom. The van der Waals surface area contributed by atoms with Crippen molar-refractivity contribution in [2.45, 2.75) is 32.3 Å². The summed E-state index contributed by atoms with van der Waals surface area (Å²) < 4.78 is 0. The maximum atomic E-state index is 8.87. The fourth-order valence-electron chi connectivity index (χ4n) is 0.664.